The van der Waals surface area contributed by atoms with E-state index in [4.69, 9.17) is 10.2 Å². The van der Waals surface area contributed by atoms with Crippen LogP contribution in [0.1, 0.15) is 32.1 Å². The number of amides is 1. The summed E-state index contributed by atoms with van der Waals surface area (Å²) in [6, 6.07) is 0. The van der Waals surface area contributed by atoms with Crippen molar-refractivity contribution in [3.05, 3.63) is 0 Å². The van der Waals surface area contributed by atoms with Gasteiger partial charge in [0.25, 0.3) is 0 Å². The molecule has 0 aromatic carbocycles. The molecule has 0 aromatic rings. The minimum Gasteiger partial charge on any atom is -0.481 e. The van der Waals surface area contributed by atoms with Gasteiger partial charge in [-0.1, -0.05) is 0 Å². The molecular formula is C11H17NO5. The van der Waals surface area contributed by atoms with E-state index in [9.17, 15) is 14.4 Å². The van der Waals surface area contributed by atoms with Crippen molar-refractivity contribution in [2.75, 3.05) is 13.1 Å². The standard InChI is InChI=1S/C11H17NO5/c13-9(4-1-5-10(14)15)12-6-2-3-8(7-12)11(16)17/h8H,1-7H2,(H,14,15)(H,16,17). The van der Waals surface area contributed by atoms with Crippen LogP contribution in [-0.4, -0.2) is 46.0 Å². The number of piperidine rings is 1. The minimum atomic E-state index is -0.917. The fourth-order valence-corrected chi connectivity index (χ4v) is 1.95. The number of carbonyl (C=O) groups is 3. The number of carbonyl (C=O) groups excluding carboxylic acids is 1. The van der Waals surface area contributed by atoms with Crippen LogP contribution >= 0.6 is 0 Å². The summed E-state index contributed by atoms with van der Waals surface area (Å²) in [6.07, 6.45) is 1.76. The van der Waals surface area contributed by atoms with E-state index in [-0.39, 0.29) is 25.3 Å². The minimum absolute atomic E-state index is 0.0259. The van der Waals surface area contributed by atoms with E-state index in [0.29, 0.717) is 25.8 Å². The Bertz CT molecular complexity index is 315. The maximum atomic E-state index is 11.7. The zero-order valence-corrected chi connectivity index (χ0v) is 9.59. The zero-order valence-electron chi connectivity index (χ0n) is 9.59. The number of hydrogen-bond acceptors (Lipinski definition) is 3. The van der Waals surface area contributed by atoms with Gasteiger partial charge in [0.2, 0.25) is 5.91 Å². The van der Waals surface area contributed by atoms with Crippen LogP contribution in [0.4, 0.5) is 0 Å². The van der Waals surface area contributed by atoms with Crippen molar-refractivity contribution in [2.45, 2.75) is 32.1 Å². The molecule has 1 aliphatic rings. The number of carboxylic acids is 2. The third-order valence-electron chi connectivity index (χ3n) is 2.90. The van der Waals surface area contributed by atoms with Crippen molar-refractivity contribution in [3.8, 4) is 0 Å². The number of likely N-dealkylation sites (tertiary alicyclic amines) is 1. The smallest absolute Gasteiger partial charge is 0.308 e. The van der Waals surface area contributed by atoms with Crippen LogP contribution in [0.5, 0.6) is 0 Å². The average molecular weight is 243 g/mol. The highest BCUT2D eigenvalue weighted by atomic mass is 16.4. The summed E-state index contributed by atoms with van der Waals surface area (Å²) in [7, 11) is 0. The molecule has 1 saturated heterocycles. The quantitative estimate of drug-likeness (QED) is 0.735. The topological polar surface area (TPSA) is 94.9 Å². The average Bonchev–Trinajstić information content (AvgIpc) is 2.28. The van der Waals surface area contributed by atoms with Crippen molar-refractivity contribution in [3.63, 3.8) is 0 Å². The number of nitrogens with zero attached hydrogens (tertiary/aromatic N) is 1. The molecule has 0 saturated carbocycles. The molecule has 17 heavy (non-hydrogen) atoms. The van der Waals surface area contributed by atoms with Crippen molar-refractivity contribution >= 4 is 17.8 Å². The van der Waals surface area contributed by atoms with Crippen molar-refractivity contribution < 1.29 is 24.6 Å². The Morgan fingerprint density at radius 1 is 1.18 bits per heavy atom. The first-order chi connectivity index (χ1) is 8.00. The van der Waals surface area contributed by atoms with Crippen LogP contribution in [-0.2, 0) is 14.4 Å². The molecule has 6 nitrogen and oxygen atoms in total. The molecule has 1 amide bonds. The van der Waals surface area contributed by atoms with Crippen molar-refractivity contribution in [1.82, 2.24) is 4.90 Å². The molecule has 0 aromatic heterocycles. The molecule has 2 N–H and O–H groups in total. The Morgan fingerprint density at radius 3 is 2.47 bits per heavy atom. The van der Waals surface area contributed by atoms with E-state index < -0.39 is 17.9 Å². The van der Waals surface area contributed by atoms with Crippen LogP contribution in [0.3, 0.4) is 0 Å². The molecule has 96 valence electrons. The van der Waals surface area contributed by atoms with Gasteiger partial charge in [-0.3, -0.25) is 14.4 Å². The lowest BCUT2D eigenvalue weighted by Crippen LogP contribution is -2.42. The highest BCUT2D eigenvalue weighted by Crippen LogP contribution is 2.17. The normalized spacial score (nSPS) is 20.0. The SMILES string of the molecule is O=C(O)CCCC(=O)N1CCCC(C(=O)O)C1. The van der Waals surface area contributed by atoms with Crippen LogP contribution in [0.15, 0.2) is 0 Å². The van der Waals surface area contributed by atoms with Gasteiger partial charge in [0.05, 0.1) is 5.92 Å². The molecule has 1 fully saturated rings. The van der Waals surface area contributed by atoms with Gasteiger partial charge < -0.3 is 15.1 Å². The van der Waals surface area contributed by atoms with Crippen LogP contribution in [0, 0.1) is 5.92 Å². The molecule has 6 heteroatoms. The van der Waals surface area contributed by atoms with Gasteiger partial charge >= 0.3 is 11.9 Å². The fraction of sp³-hybridized carbons (Fsp3) is 0.727. The van der Waals surface area contributed by atoms with Crippen LogP contribution < -0.4 is 0 Å². The second-order valence-electron chi connectivity index (χ2n) is 4.26. The van der Waals surface area contributed by atoms with E-state index in [0.717, 1.165) is 0 Å². The number of carboxylic acid groups (broad SMARTS) is 2. The van der Waals surface area contributed by atoms with E-state index in [1.165, 1.54) is 4.90 Å². The predicted octanol–water partition coefficient (Wildman–Crippen LogP) is 0.565. The summed E-state index contributed by atoms with van der Waals surface area (Å²) in [5.74, 6) is -2.41. The van der Waals surface area contributed by atoms with Crippen molar-refractivity contribution in [1.29, 1.82) is 0 Å². The largest absolute Gasteiger partial charge is 0.481 e. The van der Waals surface area contributed by atoms with Gasteiger partial charge in [-0.05, 0) is 19.3 Å². The fourth-order valence-electron chi connectivity index (χ4n) is 1.95. The maximum absolute atomic E-state index is 11.7. The Labute approximate surface area is 99.2 Å². The number of aliphatic carboxylic acids is 2. The third-order valence-corrected chi connectivity index (χ3v) is 2.90. The van der Waals surface area contributed by atoms with E-state index in [1.54, 1.807) is 0 Å². The van der Waals surface area contributed by atoms with Gasteiger partial charge in [0, 0.05) is 25.9 Å². The molecular weight excluding hydrogens is 226 g/mol. The summed E-state index contributed by atoms with van der Waals surface area (Å²) >= 11 is 0. The van der Waals surface area contributed by atoms with Gasteiger partial charge in [0.1, 0.15) is 0 Å². The summed E-state index contributed by atoms with van der Waals surface area (Å²) in [5, 5.41) is 17.3. The highest BCUT2D eigenvalue weighted by Gasteiger charge is 2.27. The molecule has 1 unspecified atom stereocenters. The number of rotatable bonds is 5. The second-order valence-corrected chi connectivity index (χ2v) is 4.26. The predicted molar refractivity (Wildman–Crippen MR) is 58.4 cm³/mol. The van der Waals surface area contributed by atoms with Gasteiger partial charge in [-0.25, -0.2) is 0 Å². The Morgan fingerprint density at radius 2 is 1.88 bits per heavy atom. The van der Waals surface area contributed by atoms with E-state index in [1.807, 2.05) is 0 Å². The first-order valence-corrected chi connectivity index (χ1v) is 5.73. The Kier molecular flexibility index (Phi) is 4.93. The third kappa shape index (κ3) is 4.42. The second kappa shape index (κ2) is 6.22. The first kappa shape index (κ1) is 13.5. The summed E-state index contributed by atoms with van der Waals surface area (Å²) in [5.41, 5.74) is 0. The molecule has 1 rings (SSSR count). The van der Waals surface area contributed by atoms with Crippen LogP contribution in [0.25, 0.3) is 0 Å². The molecule has 1 heterocycles. The summed E-state index contributed by atoms with van der Waals surface area (Å²) in [4.78, 5) is 34.3. The highest BCUT2D eigenvalue weighted by molar-refractivity contribution is 5.78. The lowest BCUT2D eigenvalue weighted by Gasteiger charge is -2.30. The molecule has 0 radical (unpaired) electrons. The molecule has 0 aliphatic carbocycles. The molecule has 1 aliphatic heterocycles. The lowest BCUT2D eigenvalue weighted by molar-refractivity contribution is -0.145. The van der Waals surface area contributed by atoms with E-state index in [2.05, 4.69) is 0 Å². The molecule has 0 spiro atoms. The van der Waals surface area contributed by atoms with E-state index >= 15 is 0 Å². The maximum Gasteiger partial charge on any atom is 0.308 e. The lowest BCUT2D eigenvalue weighted by atomic mass is 9.98. The number of hydrogen-bond donors (Lipinski definition) is 2. The first-order valence-electron chi connectivity index (χ1n) is 5.73. The van der Waals surface area contributed by atoms with Gasteiger partial charge in [0.15, 0.2) is 0 Å². The zero-order chi connectivity index (χ0) is 12.8. The molecule has 0 bridgehead atoms. The van der Waals surface area contributed by atoms with Gasteiger partial charge in [-0.15, -0.1) is 0 Å². The van der Waals surface area contributed by atoms with Crippen LogP contribution in [0.2, 0.25) is 0 Å². The monoisotopic (exact) mass is 243 g/mol. The van der Waals surface area contributed by atoms with Crippen molar-refractivity contribution in [2.24, 2.45) is 5.92 Å². The van der Waals surface area contributed by atoms with Gasteiger partial charge in [-0.2, -0.15) is 0 Å². The summed E-state index contributed by atoms with van der Waals surface area (Å²) < 4.78 is 0. The Balaban J connectivity index is 2.35. The molecule has 1 atom stereocenters. The Hall–Kier alpha value is -1.59. The summed E-state index contributed by atoms with van der Waals surface area (Å²) in [6.45, 7) is 0.830.